The van der Waals surface area contributed by atoms with E-state index in [0.717, 1.165) is 24.6 Å². The van der Waals surface area contributed by atoms with Crippen molar-refractivity contribution in [3.63, 3.8) is 0 Å². The summed E-state index contributed by atoms with van der Waals surface area (Å²) in [7, 11) is 0. The highest BCUT2D eigenvalue weighted by molar-refractivity contribution is 7.99. The van der Waals surface area contributed by atoms with Crippen molar-refractivity contribution < 1.29 is 4.79 Å². The highest BCUT2D eigenvalue weighted by atomic mass is 32.2. The molecule has 0 saturated carbocycles. The smallest absolute Gasteiger partial charge is 0.221 e. The van der Waals surface area contributed by atoms with Crippen molar-refractivity contribution in [3.8, 4) is 0 Å². The molecule has 0 aliphatic heterocycles. The fourth-order valence-corrected chi connectivity index (χ4v) is 1.57. The van der Waals surface area contributed by atoms with Gasteiger partial charge in [-0.3, -0.25) is 4.79 Å². The minimum absolute atomic E-state index is 0.127. The molecule has 0 unspecified atom stereocenters. The molecule has 0 aliphatic rings. The van der Waals surface area contributed by atoms with Crippen molar-refractivity contribution in [2.45, 2.75) is 26.3 Å². The molecule has 0 radical (unpaired) electrons. The van der Waals surface area contributed by atoms with E-state index in [-0.39, 0.29) is 5.91 Å². The van der Waals surface area contributed by atoms with Gasteiger partial charge in [0, 0.05) is 37.1 Å². The minimum atomic E-state index is 0.127. The van der Waals surface area contributed by atoms with Gasteiger partial charge in [0.2, 0.25) is 5.91 Å². The number of amides is 1. The van der Waals surface area contributed by atoms with Crippen LogP contribution in [0.5, 0.6) is 0 Å². The molecule has 0 bridgehead atoms. The maximum Gasteiger partial charge on any atom is 0.221 e. The zero-order valence-corrected chi connectivity index (χ0v) is 10.5. The lowest BCUT2D eigenvalue weighted by Crippen LogP contribution is -2.31. The summed E-state index contributed by atoms with van der Waals surface area (Å²) in [4.78, 5) is 11.3. The van der Waals surface area contributed by atoms with Gasteiger partial charge in [0.25, 0.3) is 0 Å². The minimum Gasteiger partial charge on any atom is -0.355 e. The van der Waals surface area contributed by atoms with E-state index in [0.29, 0.717) is 12.5 Å². The van der Waals surface area contributed by atoms with Crippen molar-refractivity contribution in [3.05, 3.63) is 12.7 Å². The molecule has 0 atom stereocenters. The molecule has 0 aliphatic carbocycles. The van der Waals surface area contributed by atoms with Crippen LogP contribution < -0.4 is 10.6 Å². The standard InChI is InChI=1S/C11H22N2OS/c1-4-8-15-9-7-13-11(14)5-6-12-10(2)3/h4,10,12H,1,5-9H2,2-3H3,(H,13,14). The third-order valence-electron chi connectivity index (χ3n) is 1.71. The van der Waals surface area contributed by atoms with Gasteiger partial charge in [0.1, 0.15) is 0 Å². The van der Waals surface area contributed by atoms with Crippen LogP contribution in [0.3, 0.4) is 0 Å². The van der Waals surface area contributed by atoms with Crippen LogP contribution in [0.2, 0.25) is 0 Å². The van der Waals surface area contributed by atoms with Crippen LogP contribution in [-0.4, -0.2) is 36.5 Å². The molecule has 0 saturated heterocycles. The van der Waals surface area contributed by atoms with Crippen LogP contribution >= 0.6 is 11.8 Å². The average Bonchev–Trinajstić information content (AvgIpc) is 2.17. The van der Waals surface area contributed by atoms with Crippen LogP contribution in [0.1, 0.15) is 20.3 Å². The summed E-state index contributed by atoms with van der Waals surface area (Å²) in [5.41, 5.74) is 0. The van der Waals surface area contributed by atoms with Gasteiger partial charge in [0.05, 0.1) is 0 Å². The first-order valence-corrected chi connectivity index (χ1v) is 6.51. The Morgan fingerprint density at radius 1 is 1.47 bits per heavy atom. The molecule has 0 rings (SSSR count). The van der Waals surface area contributed by atoms with Crippen LogP contribution in [0.4, 0.5) is 0 Å². The molecule has 1 amide bonds. The summed E-state index contributed by atoms with van der Waals surface area (Å²) in [6, 6.07) is 0.445. The fraction of sp³-hybridized carbons (Fsp3) is 0.727. The molecular formula is C11H22N2OS. The van der Waals surface area contributed by atoms with E-state index in [2.05, 4.69) is 31.1 Å². The van der Waals surface area contributed by atoms with Gasteiger partial charge in [-0.25, -0.2) is 0 Å². The first kappa shape index (κ1) is 14.5. The number of thioether (sulfide) groups is 1. The molecule has 0 aromatic carbocycles. The fourth-order valence-electron chi connectivity index (χ4n) is 0.992. The molecule has 3 nitrogen and oxygen atoms in total. The first-order chi connectivity index (χ1) is 7.16. The van der Waals surface area contributed by atoms with Crippen molar-refractivity contribution in [2.24, 2.45) is 0 Å². The lowest BCUT2D eigenvalue weighted by atomic mass is 10.3. The highest BCUT2D eigenvalue weighted by Crippen LogP contribution is 1.96. The van der Waals surface area contributed by atoms with Gasteiger partial charge in [0.15, 0.2) is 0 Å². The Hall–Kier alpha value is -0.480. The highest BCUT2D eigenvalue weighted by Gasteiger charge is 2.00. The summed E-state index contributed by atoms with van der Waals surface area (Å²) in [5.74, 6) is 2.03. The Kier molecular flexibility index (Phi) is 9.73. The molecule has 4 heteroatoms. The molecular weight excluding hydrogens is 208 g/mol. The third kappa shape index (κ3) is 11.4. The topological polar surface area (TPSA) is 41.1 Å². The predicted octanol–water partition coefficient (Wildman–Crippen LogP) is 1.41. The quantitative estimate of drug-likeness (QED) is 0.465. The Labute approximate surface area is 97.1 Å². The molecule has 0 heterocycles. The Bertz CT molecular complexity index is 183. The lowest BCUT2D eigenvalue weighted by Gasteiger charge is -2.08. The number of hydrogen-bond acceptors (Lipinski definition) is 3. The van der Waals surface area contributed by atoms with E-state index in [1.165, 1.54) is 0 Å². The van der Waals surface area contributed by atoms with E-state index in [1.54, 1.807) is 11.8 Å². The zero-order valence-electron chi connectivity index (χ0n) is 9.71. The van der Waals surface area contributed by atoms with Gasteiger partial charge >= 0.3 is 0 Å². The van der Waals surface area contributed by atoms with Crippen molar-refractivity contribution in [1.29, 1.82) is 0 Å². The number of carbonyl (C=O) groups excluding carboxylic acids is 1. The van der Waals surface area contributed by atoms with Crippen molar-refractivity contribution in [1.82, 2.24) is 10.6 Å². The van der Waals surface area contributed by atoms with Gasteiger partial charge in [-0.1, -0.05) is 19.9 Å². The summed E-state index contributed by atoms with van der Waals surface area (Å²) in [6.45, 7) is 9.28. The van der Waals surface area contributed by atoms with E-state index in [4.69, 9.17) is 0 Å². The predicted molar refractivity (Wildman–Crippen MR) is 68.3 cm³/mol. The number of nitrogens with one attached hydrogen (secondary N) is 2. The summed E-state index contributed by atoms with van der Waals surface area (Å²) in [5, 5.41) is 6.09. The maximum atomic E-state index is 11.3. The molecule has 88 valence electrons. The second-order valence-corrected chi connectivity index (χ2v) is 4.72. The number of carbonyl (C=O) groups is 1. The Balaban J connectivity index is 3.22. The van der Waals surface area contributed by atoms with Crippen LogP contribution in [-0.2, 0) is 4.79 Å². The molecule has 0 aromatic heterocycles. The van der Waals surface area contributed by atoms with E-state index in [9.17, 15) is 4.79 Å². The molecule has 0 spiro atoms. The van der Waals surface area contributed by atoms with E-state index >= 15 is 0 Å². The number of rotatable bonds is 9. The maximum absolute atomic E-state index is 11.3. The normalized spacial score (nSPS) is 10.3. The molecule has 0 fully saturated rings. The second-order valence-electron chi connectivity index (χ2n) is 3.57. The largest absolute Gasteiger partial charge is 0.355 e. The Morgan fingerprint density at radius 2 is 2.20 bits per heavy atom. The zero-order chi connectivity index (χ0) is 11.5. The van der Waals surface area contributed by atoms with Crippen LogP contribution in [0.15, 0.2) is 12.7 Å². The summed E-state index contributed by atoms with van der Waals surface area (Å²) >= 11 is 1.78. The van der Waals surface area contributed by atoms with Crippen LogP contribution in [0.25, 0.3) is 0 Å². The number of hydrogen-bond donors (Lipinski definition) is 2. The summed E-state index contributed by atoms with van der Waals surface area (Å²) in [6.07, 6.45) is 2.43. The van der Waals surface area contributed by atoms with Crippen LogP contribution in [0, 0.1) is 0 Å². The van der Waals surface area contributed by atoms with Gasteiger partial charge in [-0.2, -0.15) is 11.8 Å². The molecule has 2 N–H and O–H groups in total. The van der Waals surface area contributed by atoms with Gasteiger partial charge < -0.3 is 10.6 Å². The van der Waals surface area contributed by atoms with Gasteiger partial charge in [-0.05, 0) is 0 Å². The van der Waals surface area contributed by atoms with E-state index < -0.39 is 0 Å². The first-order valence-electron chi connectivity index (χ1n) is 5.35. The molecule has 15 heavy (non-hydrogen) atoms. The van der Waals surface area contributed by atoms with Crippen molar-refractivity contribution in [2.75, 3.05) is 24.6 Å². The Morgan fingerprint density at radius 3 is 2.80 bits per heavy atom. The summed E-state index contributed by atoms with van der Waals surface area (Å²) < 4.78 is 0. The average molecular weight is 230 g/mol. The van der Waals surface area contributed by atoms with Gasteiger partial charge in [-0.15, -0.1) is 6.58 Å². The third-order valence-corrected chi connectivity index (χ3v) is 2.67. The SMILES string of the molecule is C=CCSCCNC(=O)CCNC(C)C. The van der Waals surface area contributed by atoms with E-state index in [1.807, 2.05) is 6.08 Å². The molecule has 0 aromatic rings. The second kappa shape index (κ2) is 10.1. The lowest BCUT2D eigenvalue weighted by molar-refractivity contribution is -0.120. The monoisotopic (exact) mass is 230 g/mol. The van der Waals surface area contributed by atoms with Crippen molar-refractivity contribution >= 4 is 17.7 Å².